The molecular weight excluding hydrogens is 563 g/mol. The fourth-order valence-electron chi connectivity index (χ4n) is 4.42. The van der Waals surface area contributed by atoms with Crippen molar-refractivity contribution in [1.82, 2.24) is 13.9 Å². The van der Waals surface area contributed by atoms with Crippen molar-refractivity contribution in [3.8, 4) is 17.0 Å². The molecule has 9 heteroatoms. The maximum atomic E-state index is 13.5. The van der Waals surface area contributed by atoms with Gasteiger partial charge >= 0.3 is 0 Å². The average molecular weight is 580 g/mol. The first-order valence-electron chi connectivity index (χ1n) is 10.5. The van der Waals surface area contributed by atoms with E-state index >= 15 is 0 Å². The molecule has 0 saturated carbocycles. The minimum Gasteiger partial charge on any atom is -0.454 e. The van der Waals surface area contributed by atoms with E-state index in [4.69, 9.17) is 16.6 Å². The van der Waals surface area contributed by atoms with Gasteiger partial charge in [-0.3, -0.25) is 18.8 Å². The molecule has 0 saturated heterocycles. The second-order valence-corrected chi connectivity index (χ2v) is 9.68. The number of amides is 1. The highest BCUT2D eigenvalue weighted by Crippen LogP contribution is 2.35. The Labute approximate surface area is 212 Å². The second kappa shape index (κ2) is 7.54. The van der Waals surface area contributed by atoms with Crippen LogP contribution in [0.2, 0.25) is 0 Å². The molecule has 34 heavy (non-hydrogen) atoms. The number of rotatable bonds is 3. The van der Waals surface area contributed by atoms with Gasteiger partial charge in [-0.25, -0.2) is 9.58 Å². The molecule has 0 unspecified atom stereocenters. The van der Waals surface area contributed by atoms with Gasteiger partial charge in [0.05, 0.1) is 16.9 Å². The van der Waals surface area contributed by atoms with Crippen LogP contribution in [-0.2, 0) is 7.05 Å². The van der Waals surface area contributed by atoms with Crippen molar-refractivity contribution in [3.63, 3.8) is 0 Å². The Hall–Kier alpha value is -3.44. The van der Waals surface area contributed by atoms with Gasteiger partial charge in [0.25, 0.3) is 11.5 Å². The van der Waals surface area contributed by atoms with Crippen LogP contribution in [0, 0.1) is 10.5 Å². The Kier molecular flexibility index (Phi) is 4.68. The first-order chi connectivity index (χ1) is 16.4. The maximum absolute atomic E-state index is 13.5. The highest BCUT2D eigenvalue weighted by atomic mass is 127. The summed E-state index contributed by atoms with van der Waals surface area (Å²) < 4.78 is 12.1. The minimum absolute atomic E-state index is 0.232. The molecule has 0 N–H and O–H groups in total. The Balaban J connectivity index is 1.47. The monoisotopic (exact) mass is 580 g/mol. The summed E-state index contributed by atoms with van der Waals surface area (Å²) in [6.45, 7) is 1.81. The number of fused-ring (bicyclic) bond motifs is 3. The second-order valence-electron chi connectivity index (χ2n) is 8.07. The number of thiocarbonyl (C=S) groups is 1. The van der Waals surface area contributed by atoms with Gasteiger partial charge in [0.1, 0.15) is 17.1 Å². The third-order valence-corrected chi connectivity index (χ3v) is 7.26. The highest BCUT2D eigenvalue weighted by Gasteiger charge is 2.40. The van der Waals surface area contributed by atoms with Crippen LogP contribution in [-0.4, -0.2) is 25.0 Å². The molecule has 0 atom stereocenters. The molecule has 6 rings (SSSR count). The molecule has 4 heterocycles. The van der Waals surface area contributed by atoms with Crippen LogP contribution in [0.1, 0.15) is 16.2 Å². The van der Waals surface area contributed by atoms with Crippen LogP contribution in [0.5, 0.6) is 0 Å². The van der Waals surface area contributed by atoms with Crippen molar-refractivity contribution >= 4 is 62.6 Å². The summed E-state index contributed by atoms with van der Waals surface area (Å²) in [6, 6.07) is 20.9. The van der Waals surface area contributed by atoms with Crippen molar-refractivity contribution in [3.05, 3.63) is 92.0 Å². The summed E-state index contributed by atoms with van der Waals surface area (Å²) in [6.07, 6.45) is 0. The largest absolute Gasteiger partial charge is 0.454 e. The Morgan fingerprint density at radius 3 is 2.38 bits per heavy atom. The zero-order chi connectivity index (χ0) is 23.7. The number of hydrogen-bond acceptors (Lipinski definition) is 4. The van der Waals surface area contributed by atoms with Crippen LogP contribution in [0.15, 0.2) is 75.9 Å². The fraction of sp³-hybridized carbons (Fsp3) is 0.0800. The van der Waals surface area contributed by atoms with Gasteiger partial charge in [-0.2, -0.15) is 0 Å². The van der Waals surface area contributed by atoms with E-state index in [-0.39, 0.29) is 22.3 Å². The summed E-state index contributed by atoms with van der Waals surface area (Å²) in [4.78, 5) is 28.3. The zero-order valence-electron chi connectivity index (χ0n) is 18.2. The number of nitrogens with zero attached hydrogens (tertiary/aromatic N) is 4. The molecule has 1 aliphatic heterocycles. The third kappa shape index (κ3) is 2.90. The molecule has 0 bridgehead atoms. The number of benzene rings is 2. The first-order valence-corrected chi connectivity index (χ1v) is 12.0. The number of carbonyl (C=O) groups is 1. The molecule has 1 amide bonds. The molecule has 5 aromatic rings. The predicted octanol–water partition coefficient (Wildman–Crippen LogP) is 5.10. The van der Waals surface area contributed by atoms with E-state index in [0.29, 0.717) is 33.9 Å². The molecule has 0 fully saturated rings. The number of anilines is 1. The molecule has 168 valence electrons. The van der Waals surface area contributed by atoms with Crippen LogP contribution in [0.25, 0.3) is 28.1 Å². The topological polar surface area (TPSA) is 65.3 Å². The van der Waals surface area contributed by atoms with Gasteiger partial charge in [-0.1, -0.05) is 30.3 Å². The lowest BCUT2D eigenvalue weighted by Gasteiger charge is -2.14. The van der Waals surface area contributed by atoms with Gasteiger partial charge in [0.2, 0.25) is 0 Å². The van der Waals surface area contributed by atoms with Gasteiger partial charge < -0.3 is 4.42 Å². The van der Waals surface area contributed by atoms with Crippen LogP contribution in [0.3, 0.4) is 0 Å². The molecular formula is C25H17IN4O3S. The van der Waals surface area contributed by atoms with Crippen LogP contribution < -0.4 is 10.5 Å². The molecule has 3 aromatic heterocycles. The molecule has 0 aliphatic carbocycles. The van der Waals surface area contributed by atoms with Crippen LogP contribution >= 0.6 is 34.8 Å². The van der Waals surface area contributed by atoms with Gasteiger partial charge in [0, 0.05) is 28.3 Å². The number of para-hydroxylation sites is 1. The van der Waals surface area contributed by atoms with Crippen LogP contribution in [0.4, 0.5) is 5.69 Å². The fourth-order valence-corrected chi connectivity index (χ4v) is 5.15. The lowest BCUT2D eigenvalue weighted by Crippen LogP contribution is -2.35. The third-order valence-electron chi connectivity index (χ3n) is 6.17. The zero-order valence-corrected chi connectivity index (χ0v) is 21.1. The molecule has 2 aromatic carbocycles. The van der Waals surface area contributed by atoms with Crippen molar-refractivity contribution < 1.29 is 9.21 Å². The lowest BCUT2D eigenvalue weighted by atomic mass is 10.2. The SMILES string of the molecule is Cc1c(N2C(=O)c3cc4oc(-c5ccc(I)cc5)cc4n3C2=S)c(=O)n(-c2ccccc2)n1C. The summed E-state index contributed by atoms with van der Waals surface area (Å²) in [5.74, 6) is 0.339. The predicted molar refractivity (Wildman–Crippen MR) is 143 cm³/mol. The molecule has 1 aliphatic rings. The molecule has 0 spiro atoms. The quantitative estimate of drug-likeness (QED) is 0.220. The van der Waals surface area contributed by atoms with Crippen molar-refractivity contribution in [1.29, 1.82) is 0 Å². The normalized spacial score (nSPS) is 13.3. The Morgan fingerprint density at radius 2 is 1.68 bits per heavy atom. The van der Waals surface area contributed by atoms with E-state index in [9.17, 15) is 9.59 Å². The smallest absolute Gasteiger partial charge is 0.296 e. The van der Waals surface area contributed by atoms with E-state index in [0.717, 1.165) is 9.13 Å². The van der Waals surface area contributed by atoms with E-state index in [1.807, 2.05) is 67.6 Å². The minimum atomic E-state index is -0.349. The number of hydrogen-bond donors (Lipinski definition) is 0. The van der Waals surface area contributed by atoms with Gasteiger partial charge in [-0.05, 0) is 66.0 Å². The van der Waals surface area contributed by atoms with E-state index < -0.39 is 0 Å². The summed E-state index contributed by atoms with van der Waals surface area (Å²) >= 11 is 7.99. The number of halogens is 1. The van der Waals surface area contributed by atoms with Crippen molar-refractivity contribution in [2.45, 2.75) is 6.92 Å². The number of carbonyl (C=O) groups excluding carboxylic acids is 1. The summed E-state index contributed by atoms with van der Waals surface area (Å²) in [7, 11) is 1.79. The summed E-state index contributed by atoms with van der Waals surface area (Å²) in [5, 5.41) is 0.232. The molecule has 0 radical (unpaired) electrons. The van der Waals surface area contributed by atoms with E-state index in [1.165, 1.54) is 9.58 Å². The Bertz CT molecular complexity index is 1690. The average Bonchev–Trinajstić information content (AvgIpc) is 3.51. The standard InChI is InChI=1S/C25H17IN4O3S/c1-14-22(24(32)30(27(14)2)17-6-4-3-5-7-17)29-23(31)19-13-21-18(28(19)25(29)34)12-20(33-21)15-8-10-16(26)11-9-15/h3-13H,1-2H3. The maximum Gasteiger partial charge on any atom is 0.296 e. The molecule has 7 nitrogen and oxygen atoms in total. The number of aromatic nitrogens is 3. The Morgan fingerprint density at radius 1 is 0.971 bits per heavy atom. The van der Waals surface area contributed by atoms with E-state index in [2.05, 4.69) is 22.6 Å². The first kappa shape index (κ1) is 21.1. The van der Waals surface area contributed by atoms with E-state index in [1.54, 1.807) is 22.4 Å². The van der Waals surface area contributed by atoms with Crippen molar-refractivity contribution in [2.24, 2.45) is 7.05 Å². The van der Waals surface area contributed by atoms with Crippen molar-refractivity contribution in [2.75, 3.05) is 4.90 Å². The lowest BCUT2D eigenvalue weighted by molar-refractivity contribution is 0.100. The van der Waals surface area contributed by atoms with Gasteiger partial charge in [-0.15, -0.1) is 0 Å². The van der Waals surface area contributed by atoms with Gasteiger partial charge in [0.15, 0.2) is 10.7 Å². The summed E-state index contributed by atoms with van der Waals surface area (Å²) in [5.41, 5.74) is 3.87. The number of furan rings is 1. The highest BCUT2D eigenvalue weighted by molar-refractivity contribution is 14.1.